The molecule has 0 aliphatic heterocycles. The van der Waals surface area contributed by atoms with Crippen molar-refractivity contribution in [3.63, 3.8) is 0 Å². The van der Waals surface area contributed by atoms with E-state index in [-0.39, 0.29) is 16.9 Å². The second kappa shape index (κ2) is 4.10. The molecule has 0 saturated carbocycles. The van der Waals surface area contributed by atoms with E-state index < -0.39 is 9.84 Å². The first-order valence-electron chi connectivity index (χ1n) is 4.17. The summed E-state index contributed by atoms with van der Waals surface area (Å²) in [7, 11) is -2.81. The van der Waals surface area contributed by atoms with Crippen LogP contribution in [0.25, 0.3) is 0 Å². The van der Waals surface area contributed by atoms with E-state index in [1.165, 1.54) is 0 Å². The molecule has 0 saturated heterocycles. The molecule has 0 spiro atoms. The van der Waals surface area contributed by atoms with Crippen molar-refractivity contribution in [3.8, 4) is 0 Å². The molecule has 0 rings (SSSR count). The highest BCUT2D eigenvalue weighted by molar-refractivity contribution is 7.92. The van der Waals surface area contributed by atoms with Crippen molar-refractivity contribution >= 4 is 9.84 Å². The third-order valence-corrected chi connectivity index (χ3v) is 4.61. The van der Waals surface area contributed by atoms with Gasteiger partial charge in [0.15, 0.2) is 9.84 Å². The van der Waals surface area contributed by atoms with Gasteiger partial charge >= 0.3 is 0 Å². The van der Waals surface area contributed by atoms with Gasteiger partial charge in [0.1, 0.15) is 0 Å². The molecule has 0 amide bonds. The molecule has 2 nitrogen and oxygen atoms in total. The van der Waals surface area contributed by atoms with Crippen LogP contribution in [-0.2, 0) is 9.84 Å². The Bertz CT molecular complexity index is 192. The predicted molar refractivity (Wildman–Crippen MR) is 48.4 cm³/mol. The summed E-state index contributed by atoms with van der Waals surface area (Å²) in [6.07, 6.45) is 0.730. The molecule has 11 heavy (non-hydrogen) atoms. The Morgan fingerprint density at radius 3 is 1.73 bits per heavy atom. The largest absolute Gasteiger partial charge is 0.229 e. The molecule has 0 aromatic rings. The van der Waals surface area contributed by atoms with Crippen LogP contribution >= 0.6 is 0 Å². The summed E-state index contributed by atoms with van der Waals surface area (Å²) < 4.78 is 22.7. The van der Waals surface area contributed by atoms with Gasteiger partial charge < -0.3 is 0 Å². The number of hydrogen-bond acceptors (Lipinski definition) is 2. The van der Waals surface area contributed by atoms with Gasteiger partial charge in [0.2, 0.25) is 0 Å². The molecule has 0 aromatic carbocycles. The lowest BCUT2D eigenvalue weighted by molar-refractivity contribution is 0.523. The molecule has 0 N–H and O–H groups in total. The highest BCUT2D eigenvalue weighted by Crippen LogP contribution is 2.16. The number of rotatable bonds is 4. The first-order valence-corrected chi connectivity index (χ1v) is 5.88. The number of sulfone groups is 1. The maximum atomic E-state index is 11.4. The monoisotopic (exact) mass is 178 g/mol. The fourth-order valence-corrected chi connectivity index (χ4v) is 3.12. The van der Waals surface area contributed by atoms with E-state index >= 15 is 0 Å². The fourth-order valence-electron chi connectivity index (χ4n) is 1.35. The standard InChI is InChI=1S/C8H18O2S/c1-5-8(7(3)4)11(9,10)6-2/h7-8H,5-6H2,1-4H3. The third kappa shape index (κ3) is 2.81. The van der Waals surface area contributed by atoms with Crippen LogP contribution in [0.1, 0.15) is 34.1 Å². The molecule has 1 unspecified atom stereocenters. The summed E-state index contributed by atoms with van der Waals surface area (Å²) in [4.78, 5) is 0. The van der Waals surface area contributed by atoms with Crippen molar-refractivity contribution in [2.24, 2.45) is 5.92 Å². The Morgan fingerprint density at radius 1 is 1.18 bits per heavy atom. The zero-order valence-corrected chi connectivity index (χ0v) is 8.61. The molecule has 68 valence electrons. The molecule has 0 radical (unpaired) electrons. The smallest absolute Gasteiger partial charge is 0.153 e. The Morgan fingerprint density at radius 2 is 1.64 bits per heavy atom. The average molecular weight is 178 g/mol. The van der Waals surface area contributed by atoms with Crippen LogP contribution < -0.4 is 0 Å². The topological polar surface area (TPSA) is 34.1 Å². The summed E-state index contributed by atoms with van der Waals surface area (Å²) in [6, 6.07) is 0. The predicted octanol–water partition coefficient (Wildman–Crippen LogP) is 1.86. The Balaban J connectivity index is 4.51. The van der Waals surface area contributed by atoms with Gasteiger partial charge in [-0.25, -0.2) is 8.42 Å². The van der Waals surface area contributed by atoms with Crippen molar-refractivity contribution < 1.29 is 8.42 Å². The maximum absolute atomic E-state index is 11.4. The molecule has 0 heterocycles. The van der Waals surface area contributed by atoms with Crippen molar-refractivity contribution in [2.75, 3.05) is 5.75 Å². The summed E-state index contributed by atoms with van der Waals surface area (Å²) in [5.74, 6) is 0.508. The van der Waals surface area contributed by atoms with E-state index in [1.54, 1.807) is 6.92 Å². The van der Waals surface area contributed by atoms with Crippen LogP contribution in [-0.4, -0.2) is 19.4 Å². The molecular formula is C8H18O2S. The summed E-state index contributed by atoms with van der Waals surface area (Å²) >= 11 is 0. The molecule has 0 aliphatic rings. The zero-order valence-electron chi connectivity index (χ0n) is 7.79. The van der Waals surface area contributed by atoms with Crippen molar-refractivity contribution in [3.05, 3.63) is 0 Å². The molecule has 0 fully saturated rings. The van der Waals surface area contributed by atoms with E-state index in [2.05, 4.69) is 0 Å². The van der Waals surface area contributed by atoms with Gasteiger partial charge in [0, 0.05) is 5.75 Å². The lowest BCUT2D eigenvalue weighted by Gasteiger charge is -2.17. The van der Waals surface area contributed by atoms with E-state index in [0.29, 0.717) is 0 Å². The van der Waals surface area contributed by atoms with E-state index in [0.717, 1.165) is 6.42 Å². The Labute approximate surface area is 69.9 Å². The first-order chi connectivity index (χ1) is 4.95. The highest BCUT2D eigenvalue weighted by atomic mass is 32.2. The van der Waals surface area contributed by atoms with Crippen LogP contribution in [0.5, 0.6) is 0 Å². The molecule has 0 aromatic heterocycles. The maximum Gasteiger partial charge on any atom is 0.153 e. The normalized spacial score (nSPS) is 15.4. The molecule has 0 bridgehead atoms. The van der Waals surface area contributed by atoms with Crippen molar-refractivity contribution in [1.29, 1.82) is 0 Å². The lowest BCUT2D eigenvalue weighted by Crippen LogP contribution is -2.27. The second-order valence-electron chi connectivity index (χ2n) is 3.14. The zero-order chi connectivity index (χ0) is 9.07. The van der Waals surface area contributed by atoms with Gasteiger partial charge in [-0.3, -0.25) is 0 Å². The lowest BCUT2D eigenvalue weighted by atomic mass is 10.1. The molecule has 1 atom stereocenters. The molecule has 3 heteroatoms. The van der Waals surface area contributed by atoms with Crippen LogP contribution in [0.15, 0.2) is 0 Å². The summed E-state index contributed by atoms with van der Waals surface area (Å²) in [6.45, 7) is 7.56. The minimum atomic E-state index is -2.81. The van der Waals surface area contributed by atoms with Gasteiger partial charge in [-0.05, 0) is 12.3 Å². The van der Waals surface area contributed by atoms with Crippen LogP contribution in [0.2, 0.25) is 0 Å². The summed E-state index contributed by atoms with van der Waals surface area (Å²) in [5, 5.41) is -0.146. The van der Waals surface area contributed by atoms with Gasteiger partial charge in [0.05, 0.1) is 5.25 Å². The van der Waals surface area contributed by atoms with Crippen LogP contribution in [0, 0.1) is 5.92 Å². The second-order valence-corrected chi connectivity index (χ2v) is 5.65. The van der Waals surface area contributed by atoms with E-state index in [1.807, 2.05) is 20.8 Å². The minimum Gasteiger partial charge on any atom is -0.229 e. The van der Waals surface area contributed by atoms with Crippen molar-refractivity contribution in [1.82, 2.24) is 0 Å². The van der Waals surface area contributed by atoms with Crippen molar-refractivity contribution in [2.45, 2.75) is 39.4 Å². The SMILES string of the molecule is CCC(C(C)C)S(=O)(=O)CC. The van der Waals surface area contributed by atoms with Gasteiger partial charge in [-0.1, -0.05) is 27.7 Å². The number of hydrogen-bond donors (Lipinski definition) is 0. The third-order valence-electron chi connectivity index (χ3n) is 2.01. The average Bonchev–Trinajstić information content (AvgIpc) is 1.88. The Kier molecular flexibility index (Phi) is 4.08. The Hall–Kier alpha value is -0.0500. The molecule has 0 aliphatic carbocycles. The van der Waals surface area contributed by atoms with E-state index in [4.69, 9.17) is 0 Å². The quantitative estimate of drug-likeness (QED) is 0.658. The van der Waals surface area contributed by atoms with E-state index in [9.17, 15) is 8.42 Å². The van der Waals surface area contributed by atoms with Crippen LogP contribution in [0.4, 0.5) is 0 Å². The first kappa shape index (κ1) is 11.0. The summed E-state index contributed by atoms with van der Waals surface area (Å²) in [5.41, 5.74) is 0. The van der Waals surface area contributed by atoms with Gasteiger partial charge in [-0.2, -0.15) is 0 Å². The van der Waals surface area contributed by atoms with Gasteiger partial charge in [0.25, 0.3) is 0 Å². The van der Waals surface area contributed by atoms with Crippen LogP contribution in [0.3, 0.4) is 0 Å². The molecular weight excluding hydrogens is 160 g/mol. The fraction of sp³-hybridized carbons (Fsp3) is 1.00. The minimum absolute atomic E-state index is 0.146. The van der Waals surface area contributed by atoms with Gasteiger partial charge in [-0.15, -0.1) is 0 Å². The highest BCUT2D eigenvalue weighted by Gasteiger charge is 2.24.